The molecule has 2 N–H and O–H groups in total. The van der Waals surface area contributed by atoms with Crippen LogP contribution < -0.4 is 20.1 Å². The number of rotatable bonds is 10. The van der Waals surface area contributed by atoms with Crippen molar-refractivity contribution in [3.05, 3.63) is 59.7 Å². The van der Waals surface area contributed by atoms with Crippen LogP contribution in [0.15, 0.2) is 48.5 Å². The molecule has 0 aliphatic rings. The molecule has 0 unspecified atom stereocenters. The first-order valence-corrected chi connectivity index (χ1v) is 11.7. The van der Waals surface area contributed by atoms with E-state index in [1.165, 1.54) is 14.2 Å². The van der Waals surface area contributed by atoms with Crippen molar-refractivity contribution in [3.63, 3.8) is 0 Å². The summed E-state index contributed by atoms with van der Waals surface area (Å²) in [6.07, 6.45) is -0.689. The van der Waals surface area contributed by atoms with Gasteiger partial charge in [0.25, 0.3) is 0 Å². The van der Waals surface area contributed by atoms with Gasteiger partial charge in [-0.15, -0.1) is 0 Å². The predicted molar refractivity (Wildman–Crippen MR) is 135 cm³/mol. The maximum Gasteiger partial charge on any atom is 0.408 e. The van der Waals surface area contributed by atoms with Crippen LogP contribution in [0.1, 0.15) is 51.8 Å². The van der Waals surface area contributed by atoms with Crippen molar-refractivity contribution in [2.45, 2.75) is 64.8 Å². The van der Waals surface area contributed by atoms with Crippen LogP contribution in [0.5, 0.6) is 11.5 Å². The largest absolute Gasteiger partial charge is 0.497 e. The number of carbonyl (C=O) groups is 3. The topological polar surface area (TPSA) is 112 Å². The zero-order valence-corrected chi connectivity index (χ0v) is 21.9. The van der Waals surface area contributed by atoms with Gasteiger partial charge in [-0.05, 0) is 57.9 Å². The number of alkyl carbamates (subject to hydrolysis) is 1. The molecule has 0 saturated carbocycles. The average Bonchev–Trinajstić information content (AvgIpc) is 2.80. The lowest BCUT2D eigenvalue weighted by Crippen LogP contribution is -2.51. The molecule has 2 aromatic rings. The van der Waals surface area contributed by atoms with Crippen molar-refractivity contribution < 1.29 is 33.3 Å². The molecule has 0 aromatic heterocycles. The Bertz CT molecular complexity index is 1030. The molecule has 0 saturated heterocycles. The van der Waals surface area contributed by atoms with Gasteiger partial charge in [0.2, 0.25) is 5.91 Å². The molecule has 9 heteroatoms. The molecule has 2 atom stereocenters. The third kappa shape index (κ3) is 9.13. The second-order valence-electron chi connectivity index (χ2n) is 9.46. The zero-order valence-electron chi connectivity index (χ0n) is 21.9. The summed E-state index contributed by atoms with van der Waals surface area (Å²) < 4.78 is 21.4. The number of nitrogens with one attached hydrogen (secondary N) is 2. The van der Waals surface area contributed by atoms with Crippen LogP contribution in [0.25, 0.3) is 0 Å². The third-order valence-electron chi connectivity index (χ3n) is 4.86. The van der Waals surface area contributed by atoms with Crippen LogP contribution in [0.3, 0.4) is 0 Å². The summed E-state index contributed by atoms with van der Waals surface area (Å²) in [6, 6.07) is 11.9. The maximum atomic E-state index is 13.4. The minimum absolute atomic E-state index is 0.121. The lowest BCUT2D eigenvalue weighted by molar-refractivity contribution is -0.145. The Kier molecular flexibility index (Phi) is 10.1. The molecule has 0 aliphatic heterocycles. The van der Waals surface area contributed by atoms with Gasteiger partial charge in [0.15, 0.2) is 6.04 Å². The Balaban J connectivity index is 2.37. The van der Waals surface area contributed by atoms with E-state index in [1.54, 1.807) is 39.0 Å². The number of amides is 2. The second kappa shape index (κ2) is 12.8. The lowest BCUT2D eigenvalue weighted by atomic mass is 10.0. The van der Waals surface area contributed by atoms with Crippen molar-refractivity contribution >= 4 is 18.0 Å². The molecule has 2 amide bonds. The highest BCUT2D eigenvalue weighted by Gasteiger charge is 2.30. The van der Waals surface area contributed by atoms with E-state index in [0.29, 0.717) is 17.1 Å². The van der Waals surface area contributed by atoms with Gasteiger partial charge in [0, 0.05) is 12.5 Å². The lowest BCUT2D eigenvalue weighted by Gasteiger charge is -2.25. The Hall–Kier alpha value is -3.75. The van der Waals surface area contributed by atoms with Crippen LogP contribution >= 0.6 is 0 Å². The van der Waals surface area contributed by atoms with Crippen molar-refractivity contribution in [2.75, 3.05) is 14.2 Å². The molecule has 0 heterocycles. The van der Waals surface area contributed by atoms with Gasteiger partial charge >= 0.3 is 12.1 Å². The summed E-state index contributed by atoms with van der Waals surface area (Å²) >= 11 is 0. The highest BCUT2D eigenvalue weighted by Crippen LogP contribution is 2.28. The number of benzene rings is 2. The van der Waals surface area contributed by atoms with Crippen LogP contribution in [-0.2, 0) is 25.5 Å². The number of carbonyl (C=O) groups excluding carboxylic acids is 3. The van der Waals surface area contributed by atoms with Crippen LogP contribution in [0, 0.1) is 0 Å². The fourth-order valence-corrected chi connectivity index (χ4v) is 3.37. The van der Waals surface area contributed by atoms with Crippen molar-refractivity contribution in [3.8, 4) is 11.5 Å². The van der Waals surface area contributed by atoms with E-state index < -0.39 is 35.7 Å². The van der Waals surface area contributed by atoms with E-state index in [0.717, 1.165) is 5.56 Å². The van der Waals surface area contributed by atoms with Crippen LogP contribution in [0.4, 0.5) is 4.79 Å². The first kappa shape index (κ1) is 28.5. The smallest absolute Gasteiger partial charge is 0.408 e. The average molecular weight is 501 g/mol. The molecule has 0 spiro atoms. The molecule has 36 heavy (non-hydrogen) atoms. The van der Waals surface area contributed by atoms with E-state index in [-0.39, 0.29) is 12.5 Å². The SMILES string of the molecule is COC(=O)[C@@H](NC(=O)[C@@H](Cc1ccccc1)NC(=O)OC(C)(C)C)c1cc(OC)cc(OC(C)C)c1. The van der Waals surface area contributed by atoms with Crippen LogP contribution in [0.2, 0.25) is 0 Å². The Morgan fingerprint density at radius 3 is 2.11 bits per heavy atom. The number of methoxy groups -OCH3 is 2. The van der Waals surface area contributed by atoms with Gasteiger partial charge in [-0.1, -0.05) is 30.3 Å². The fourth-order valence-electron chi connectivity index (χ4n) is 3.37. The predicted octanol–water partition coefficient (Wildman–Crippen LogP) is 3.95. The fraction of sp³-hybridized carbons (Fsp3) is 0.444. The first-order valence-electron chi connectivity index (χ1n) is 11.7. The monoisotopic (exact) mass is 500 g/mol. The van der Waals surface area contributed by atoms with Crippen LogP contribution in [-0.4, -0.2) is 49.9 Å². The molecular weight excluding hydrogens is 464 g/mol. The summed E-state index contributed by atoms with van der Waals surface area (Å²) in [6.45, 7) is 8.92. The van der Waals surface area contributed by atoms with Gasteiger partial charge < -0.3 is 29.6 Å². The minimum atomic E-state index is -1.18. The summed E-state index contributed by atoms with van der Waals surface area (Å²) in [5.41, 5.74) is 0.470. The van der Waals surface area contributed by atoms with E-state index in [2.05, 4.69) is 10.6 Å². The highest BCUT2D eigenvalue weighted by molar-refractivity contribution is 5.90. The van der Waals surface area contributed by atoms with Gasteiger partial charge in [-0.25, -0.2) is 9.59 Å². The molecule has 9 nitrogen and oxygen atoms in total. The minimum Gasteiger partial charge on any atom is -0.497 e. The number of ether oxygens (including phenoxy) is 4. The summed E-state index contributed by atoms with van der Waals surface area (Å²) in [4.78, 5) is 38.7. The van der Waals surface area contributed by atoms with Gasteiger partial charge in [0.05, 0.1) is 20.3 Å². The Morgan fingerprint density at radius 2 is 1.56 bits per heavy atom. The Morgan fingerprint density at radius 1 is 0.917 bits per heavy atom. The van der Waals surface area contributed by atoms with E-state index in [4.69, 9.17) is 18.9 Å². The maximum absolute atomic E-state index is 13.4. The first-order chi connectivity index (χ1) is 16.9. The van der Waals surface area contributed by atoms with E-state index >= 15 is 0 Å². The molecule has 0 fully saturated rings. The Labute approximate surface area is 212 Å². The summed E-state index contributed by atoms with van der Waals surface area (Å²) in [5, 5.41) is 5.33. The van der Waals surface area contributed by atoms with Crippen molar-refractivity contribution in [2.24, 2.45) is 0 Å². The molecular formula is C27H36N2O7. The summed E-state index contributed by atoms with van der Waals surface area (Å²) in [7, 11) is 2.72. The molecule has 196 valence electrons. The second-order valence-corrected chi connectivity index (χ2v) is 9.46. The highest BCUT2D eigenvalue weighted by atomic mass is 16.6. The molecule has 0 aliphatic carbocycles. The summed E-state index contributed by atoms with van der Waals surface area (Å²) in [5.74, 6) is -0.369. The molecule has 0 bridgehead atoms. The van der Waals surface area contributed by atoms with Gasteiger partial charge in [-0.2, -0.15) is 0 Å². The number of hydrogen-bond donors (Lipinski definition) is 2. The normalized spacial score (nSPS) is 12.8. The molecule has 2 rings (SSSR count). The number of esters is 1. The number of hydrogen-bond acceptors (Lipinski definition) is 7. The zero-order chi connectivity index (χ0) is 26.9. The van der Waals surface area contributed by atoms with E-state index in [9.17, 15) is 14.4 Å². The third-order valence-corrected chi connectivity index (χ3v) is 4.86. The molecule has 0 radical (unpaired) electrons. The quantitative estimate of drug-likeness (QED) is 0.475. The van der Waals surface area contributed by atoms with Gasteiger partial charge in [-0.3, -0.25) is 4.79 Å². The standard InChI is InChI=1S/C27H36N2O7/c1-17(2)35-21-15-19(14-20(16-21)33-6)23(25(31)34-7)29-24(30)22(13-18-11-9-8-10-12-18)28-26(32)36-27(3,4)5/h8-12,14-17,22-23H,13H2,1-7H3,(H,28,32)(H,29,30)/t22-,23+/m1/s1. The molecule has 2 aromatic carbocycles. The van der Waals surface area contributed by atoms with E-state index in [1.807, 2.05) is 44.2 Å². The van der Waals surface area contributed by atoms with Crippen molar-refractivity contribution in [1.29, 1.82) is 0 Å². The van der Waals surface area contributed by atoms with Crippen molar-refractivity contribution in [1.82, 2.24) is 10.6 Å². The van der Waals surface area contributed by atoms with Gasteiger partial charge in [0.1, 0.15) is 23.1 Å².